The maximum atomic E-state index is 11.0. The molecule has 1 N–H and O–H groups in total. The van der Waals surface area contributed by atoms with Crippen molar-refractivity contribution in [1.29, 1.82) is 0 Å². The number of aromatic nitrogens is 2. The monoisotopic (exact) mass is 275 g/mol. The van der Waals surface area contributed by atoms with Gasteiger partial charge in [0.25, 0.3) is 5.69 Å². The Hall–Kier alpha value is -2.70. The van der Waals surface area contributed by atoms with Crippen molar-refractivity contribution >= 4 is 23.4 Å². The van der Waals surface area contributed by atoms with Crippen LogP contribution >= 0.6 is 0 Å². The number of hydrogen-bond acceptors (Lipinski definition) is 4. The molecule has 0 unspecified atom stereocenters. The molecule has 0 aromatic carbocycles. The zero-order valence-corrected chi connectivity index (χ0v) is 11.0. The summed E-state index contributed by atoms with van der Waals surface area (Å²) in [6.07, 6.45) is 3.25. The number of carbonyl (C=O) groups is 1. The highest BCUT2D eigenvalue weighted by atomic mass is 16.6. The predicted octanol–water partition coefficient (Wildman–Crippen LogP) is 2.43. The maximum Gasteiger partial charge on any atom is 0.331 e. The second-order valence-corrected chi connectivity index (χ2v) is 4.28. The summed E-state index contributed by atoms with van der Waals surface area (Å²) in [5.74, 6) is -0.991. The fraction of sp³-hybridized carbons (Fsp3) is 0.231. The molecule has 0 radical (unpaired) electrons. The first kappa shape index (κ1) is 13.7. The minimum atomic E-state index is -0.991. The van der Waals surface area contributed by atoms with Gasteiger partial charge in [0.2, 0.25) is 0 Å². The number of hydrogen-bond donors (Lipinski definition) is 1. The van der Waals surface area contributed by atoms with E-state index in [1.54, 1.807) is 18.2 Å². The van der Waals surface area contributed by atoms with E-state index in [9.17, 15) is 14.9 Å². The number of nitro groups is 1. The molecule has 2 aromatic heterocycles. The summed E-state index contributed by atoms with van der Waals surface area (Å²) >= 11 is 0. The lowest BCUT2D eigenvalue weighted by Crippen LogP contribution is -1.99. The van der Waals surface area contributed by atoms with Gasteiger partial charge in [0.05, 0.1) is 16.8 Å². The zero-order chi connectivity index (χ0) is 14.9. The molecule has 0 bridgehead atoms. The van der Waals surface area contributed by atoms with Crippen LogP contribution in [0.4, 0.5) is 5.69 Å². The van der Waals surface area contributed by atoms with Crippen LogP contribution < -0.4 is 0 Å². The number of nitrogens with zero attached hydrogens (tertiary/aromatic N) is 3. The highest BCUT2D eigenvalue weighted by molar-refractivity contribution is 5.92. The molecule has 0 atom stereocenters. The van der Waals surface area contributed by atoms with Crippen molar-refractivity contribution in [3.05, 3.63) is 45.4 Å². The fourth-order valence-corrected chi connectivity index (χ4v) is 1.89. The number of carboxylic acid groups (broad SMARTS) is 1. The lowest BCUT2D eigenvalue weighted by atomic mass is 10.1. The quantitative estimate of drug-likeness (QED) is 0.525. The number of rotatable bonds is 4. The molecule has 0 spiro atoms. The topological polar surface area (TPSA) is 97.7 Å². The minimum absolute atomic E-state index is 0.0394. The Morgan fingerprint density at radius 2 is 2.25 bits per heavy atom. The molecule has 2 heterocycles. The van der Waals surface area contributed by atoms with Crippen molar-refractivity contribution in [3.8, 4) is 0 Å². The third-order valence-corrected chi connectivity index (χ3v) is 3.06. The van der Waals surface area contributed by atoms with Crippen LogP contribution in [-0.2, 0) is 4.79 Å². The van der Waals surface area contributed by atoms with Gasteiger partial charge in [-0.2, -0.15) is 0 Å². The van der Waals surface area contributed by atoms with Crippen molar-refractivity contribution in [1.82, 2.24) is 9.38 Å². The van der Waals surface area contributed by atoms with E-state index in [0.29, 0.717) is 23.5 Å². The summed E-state index contributed by atoms with van der Waals surface area (Å²) in [6.45, 7) is 3.49. The first-order valence-corrected chi connectivity index (χ1v) is 6.01. The van der Waals surface area contributed by atoms with Gasteiger partial charge in [-0.05, 0) is 25.5 Å². The van der Waals surface area contributed by atoms with Crippen molar-refractivity contribution in [2.45, 2.75) is 20.3 Å². The van der Waals surface area contributed by atoms with Crippen LogP contribution in [0.15, 0.2) is 23.9 Å². The number of aliphatic carboxylic acids is 1. The van der Waals surface area contributed by atoms with Crippen molar-refractivity contribution in [3.63, 3.8) is 0 Å². The van der Waals surface area contributed by atoms with Crippen LogP contribution in [0, 0.1) is 17.0 Å². The summed E-state index contributed by atoms with van der Waals surface area (Å²) in [6, 6.07) is 2.90. The Kier molecular flexibility index (Phi) is 3.51. The second kappa shape index (κ2) is 5.12. The van der Waals surface area contributed by atoms with Gasteiger partial charge in [0, 0.05) is 17.3 Å². The van der Waals surface area contributed by atoms with E-state index in [1.165, 1.54) is 24.4 Å². The van der Waals surface area contributed by atoms with E-state index in [4.69, 9.17) is 5.11 Å². The molecular weight excluding hydrogens is 262 g/mol. The molecule has 0 saturated carbocycles. The van der Waals surface area contributed by atoms with Crippen molar-refractivity contribution < 1.29 is 14.8 Å². The summed E-state index contributed by atoms with van der Waals surface area (Å²) in [4.78, 5) is 25.6. The molecule has 0 aliphatic rings. The van der Waals surface area contributed by atoms with Crippen LogP contribution in [0.1, 0.15) is 24.7 Å². The van der Waals surface area contributed by atoms with Gasteiger partial charge < -0.3 is 5.11 Å². The predicted molar refractivity (Wildman–Crippen MR) is 72.5 cm³/mol. The van der Waals surface area contributed by atoms with Crippen LogP contribution in [0.5, 0.6) is 0 Å². The average Bonchev–Trinajstić information content (AvgIpc) is 2.71. The number of fused-ring (bicyclic) bond motifs is 1. The SMILES string of the molecule is CC/C(=C\c1nc2ccc([N+](=O)[O-])cn2c1C)C(=O)O. The number of imidazole rings is 1. The first-order valence-electron chi connectivity index (χ1n) is 6.01. The molecule has 2 aromatic rings. The molecule has 0 saturated heterocycles. The van der Waals surface area contributed by atoms with Gasteiger partial charge in [0.15, 0.2) is 0 Å². The van der Waals surface area contributed by atoms with Gasteiger partial charge in [-0.1, -0.05) is 6.92 Å². The minimum Gasteiger partial charge on any atom is -0.478 e. The fourth-order valence-electron chi connectivity index (χ4n) is 1.89. The van der Waals surface area contributed by atoms with E-state index in [1.807, 2.05) is 0 Å². The number of aryl methyl sites for hydroxylation is 1. The molecule has 0 aliphatic heterocycles. The highest BCUT2D eigenvalue weighted by Gasteiger charge is 2.13. The normalized spacial score (nSPS) is 11.8. The van der Waals surface area contributed by atoms with Crippen LogP contribution in [0.2, 0.25) is 0 Å². The van der Waals surface area contributed by atoms with Crippen molar-refractivity contribution in [2.24, 2.45) is 0 Å². The third-order valence-electron chi connectivity index (χ3n) is 3.06. The van der Waals surface area contributed by atoms with Gasteiger partial charge in [0.1, 0.15) is 5.65 Å². The van der Waals surface area contributed by atoms with E-state index >= 15 is 0 Å². The zero-order valence-electron chi connectivity index (χ0n) is 11.0. The summed E-state index contributed by atoms with van der Waals surface area (Å²) in [5, 5.41) is 19.8. The Labute approximate surface area is 114 Å². The smallest absolute Gasteiger partial charge is 0.331 e. The molecule has 7 nitrogen and oxygen atoms in total. The molecular formula is C13H13N3O4. The molecule has 104 valence electrons. The Morgan fingerprint density at radius 3 is 2.80 bits per heavy atom. The second-order valence-electron chi connectivity index (χ2n) is 4.28. The third kappa shape index (κ3) is 2.37. The highest BCUT2D eigenvalue weighted by Crippen LogP contribution is 2.19. The van der Waals surface area contributed by atoms with Gasteiger partial charge in [-0.25, -0.2) is 9.78 Å². The lowest BCUT2D eigenvalue weighted by molar-refractivity contribution is -0.385. The van der Waals surface area contributed by atoms with Crippen LogP contribution in [0.25, 0.3) is 11.7 Å². The Balaban J connectivity index is 2.59. The molecule has 0 amide bonds. The average molecular weight is 275 g/mol. The largest absolute Gasteiger partial charge is 0.478 e. The Morgan fingerprint density at radius 1 is 1.55 bits per heavy atom. The standard InChI is InChI=1S/C13H13N3O4/c1-3-9(13(17)18)6-11-8(2)15-7-10(16(19)20)4-5-12(15)14-11/h4-7H,3H2,1-2H3,(H,17,18)/b9-6+. The summed E-state index contributed by atoms with van der Waals surface area (Å²) in [5.41, 5.74) is 1.91. The molecule has 0 aliphatic carbocycles. The van der Waals surface area contributed by atoms with Crippen molar-refractivity contribution in [2.75, 3.05) is 0 Å². The maximum absolute atomic E-state index is 11.0. The van der Waals surface area contributed by atoms with E-state index in [2.05, 4.69) is 4.98 Å². The molecule has 20 heavy (non-hydrogen) atoms. The van der Waals surface area contributed by atoms with Gasteiger partial charge in [-0.3, -0.25) is 14.5 Å². The first-order chi connectivity index (χ1) is 9.43. The van der Waals surface area contributed by atoms with E-state index in [-0.39, 0.29) is 11.3 Å². The summed E-state index contributed by atoms with van der Waals surface area (Å²) < 4.78 is 1.58. The molecule has 2 rings (SSSR count). The van der Waals surface area contributed by atoms with Gasteiger partial charge >= 0.3 is 5.97 Å². The van der Waals surface area contributed by atoms with E-state index in [0.717, 1.165) is 0 Å². The molecule has 7 heteroatoms. The van der Waals surface area contributed by atoms with Crippen LogP contribution in [-0.4, -0.2) is 25.4 Å². The van der Waals surface area contributed by atoms with Crippen LogP contribution in [0.3, 0.4) is 0 Å². The number of carboxylic acids is 1. The van der Waals surface area contributed by atoms with E-state index < -0.39 is 10.9 Å². The Bertz CT molecular complexity index is 731. The van der Waals surface area contributed by atoms with Gasteiger partial charge in [-0.15, -0.1) is 0 Å². The molecule has 0 fully saturated rings. The number of pyridine rings is 1. The summed E-state index contributed by atoms with van der Waals surface area (Å²) in [7, 11) is 0. The lowest BCUT2D eigenvalue weighted by Gasteiger charge is -1.98.